The Balaban J connectivity index is 1.26. The summed E-state index contributed by atoms with van der Waals surface area (Å²) in [6.07, 6.45) is 8.55. The van der Waals surface area contributed by atoms with Crippen LogP contribution in [0.5, 0.6) is 5.75 Å². The normalized spacial score (nSPS) is 22.1. The van der Waals surface area contributed by atoms with Gasteiger partial charge in [0.25, 0.3) is 0 Å². The molecule has 0 bridgehead atoms. The Morgan fingerprint density at radius 3 is 2.63 bits per heavy atom. The Kier molecular flexibility index (Phi) is 4.29. The number of hydrogen-bond acceptors (Lipinski definition) is 4. The molecule has 5 nitrogen and oxygen atoms in total. The molecule has 0 radical (unpaired) electrons. The second kappa shape index (κ2) is 6.80. The van der Waals surface area contributed by atoms with Crippen LogP contribution in [-0.4, -0.2) is 34.8 Å². The lowest BCUT2D eigenvalue weighted by Crippen LogP contribution is -2.54. The summed E-state index contributed by atoms with van der Waals surface area (Å²) in [6, 6.07) is 10.6. The van der Waals surface area contributed by atoms with Crippen LogP contribution in [0, 0.1) is 0 Å². The van der Waals surface area contributed by atoms with Crippen molar-refractivity contribution >= 4 is 0 Å². The first kappa shape index (κ1) is 17.0. The summed E-state index contributed by atoms with van der Waals surface area (Å²) in [6.45, 7) is 2.76. The quantitative estimate of drug-likeness (QED) is 0.906. The zero-order chi connectivity index (χ0) is 18.3. The van der Waals surface area contributed by atoms with Crippen LogP contribution < -0.4 is 10.3 Å². The molecule has 2 aliphatic heterocycles. The zero-order valence-electron chi connectivity index (χ0n) is 15.6. The van der Waals surface area contributed by atoms with Crippen molar-refractivity contribution in [3.63, 3.8) is 0 Å². The third kappa shape index (κ3) is 3.42. The standard InChI is InChI=1S/C22H26N2O3/c25-21-7-5-17(14-23-21)12-16-4-6-20-18(13-16)15-26-22(27-20)8-10-24(11-9-22)19-2-1-3-19/h4-7,13-14,19H,1-3,8-12,15H2,(H,23,25). The van der Waals surface area contributed by atoms with E-state index in [4.69, 9.17) is 9.47 Å². The van der Waals surface area contributed by atoms with Gasteiger partial charge in [0.15, 0.2) is 0 Å². The maximum atomic E-state index is 11.2. The molecule has 27 heavy (non-hydrogen) atoms. The molecule has 3 aliphatic rings. The maximum absolute atomic E-state index is 11.2. The highest BCUT2D eigenvalue weighted by molar-refractivity contribution is 5.40. The average Bonchev–Trinajstić information content (AvgIpc) is 2.64. The second-order valence-electron chi connectivity index (χ2n) is 8.10. The van der Waals surface area contributed by atoms with E-state index >= 15 is 0 Å². The van der Waals surface area contributed by atoms with Gasteiger partial charge in [-0.1, -0.05) is 18.6 Å². The summed E-state index contributed by atoms with van der Waals surface area (Å²) >= 11 is 0. The number of nitrogens with one attached hydrogen (secondary N) is 1. The number of fused-ring (bicyclic) bond motifs is 1. The van der Waals surface area contributed by atoms with Gasteiger partial charge in [0.05, 0.1) is 6.61 Å². The van der Waals surface area contributed by atoms with E-state index in [-0.39, 0.29) is 5.56 Å². The van der Waals surface area contributed by atoms with E-state index in [1.54, 1.807) is 12.3 Å². The van der Waals surface area contributed by atoms with E-state index in [2.05, 4.69) is 28.1 Å². The summed E-state index contributed by atoms with van der Waals surface area (Å²) in [7, 11) is 0. The molecule has 1 saturated carbocycles. The highest BCUT2D eigenvalue weighted by Gasteiger charge is 2.42. The van der Waals surface area contributed by atoms with E-state index in [1.807, 2.05) is 6.07 Å². The smallest absolute Gasteiger partial charge is 0.247 e. The summed E-state index contributed by atoms with van der Waals surface area (Å²) < 4.78 is 12.6. The third-order valence-corrected chi connectivity index (χ3v) is 6.32. The van der Waals surface area contributed by atoms with E-state index in [0.717, 1.165) is 55.3 Å². The highest BCUT2D eigenvalue weighted by Crippen LogP contribution is 2.39. The molecule has 1 spiro atoms. The Morgan fingerprint density at radius 1 is 1.11 bits per heavy atom. The number of ether oxygens (including phenoxy) is 2. The Morgan fingerprint density at radius 2 is 1.93 bits per heavy atom. The van der Waals surface area contributed by atoms with Gasteiger partial charge in [-0.3, -0.25) is 9.69 Å². The molecule has 2 aromatic rings. The molecule has 3 heterocycles. The first-order valence-corrected chi connectivity index (χ1v) is 10.1. The van der Waals surface area contributed by atoms with Crippen molar-refractivity contribution in [1.82, 2.24) is 9.88 Å². The Labute approximate surface area is 159 Å². The first-order chi connectivity index (χ1) is 13.2. The van der Waals surface area contributed by atoms with Crippen LogP contribution in [0.4, 0.5) is 0 Å². The van der Waals surface area contributed by atoms with Gasteiger partial charge >= 0.3 is 0 Å². The number of aromatic amines is 1. The largest absolute Gasteiger partial charge is 0.462 e. The number of hydrogen-bond donors (Lipinski definition) is 1. The van der Waals surface area contributed by atoms with E-state index in [9.17, 15) is 4.79 Å². The fourth-order valence-electron chi connectivity index (χ4n) is 4.41. The topological polar surface area (TPSA) is 54.6 Å². The number of aromatic nitrogens is 1. The average molecular weight is 366 g/mol. The number of nitrogens with zero attached hydrogens (tertiary/aromatic N) is 1. The van der Waals surface area contributed by atoms with Crippen molar-refractivity contribution in [2.75, 3.05) is 13.1 Å². The number of benzene rings is 1. The van der Waals surface area contributed by atoms with Gasteiger partial charge in [0, 0.05) is 49.8 Å². The molecule has 5 rings (SSSR count). The van der Waals surface area contributed by atoms with Gasteiger partial charge in [-0.25, -0.2) is 0 Å². The van der Waals surface area contributed by atoms with Gasteiger partial charge in [-0.05, 0) is 42.5 Å². The first-order valence-electron chi connectivity index (χ1n) is 10.1. The van der Waals surface area contributed by atoms with Crippen molar-refractivity contribution in [1.29, 1.82) is 0 Å². The van der Waals surface area contributed by atoms with Crippen molar-refractivity contribution < 1.29 is 9.47 Å². The summed E-state index contributed by atoms with van der Waals surface area (Å²) in [5.41, 5.74) is 3.33. The van der Waals surface area contributed by atoms with Gasteiger partial charge in [0.2, 0.25) is 11.3 Å². The number of pyridine rings is 1. The minimum Gasteiger partial charge on any atom is -0.462 e. The van der Waals surface area contributed by atoms with Crippen LogP contribution in [0.3, 0.4) is 0 Å². The van der Waals surface area contributed by atoms with E-state index < -0.39 is 5.79 Å². The fraction of sp³-hybridized carbons (Fsp3) is 0.500. The van der Waals surface area contributed by atoms with Gasteiger partial charge in [-0.15, -0.1) is 0 Å². The molecular formula is C22H26N2O3. The maximum Gasteiger partial charge on any atom is 0.247 e. The van der Waals surface area contributed by atoms with Crippen LogP contribution in [0.15, 0.2) is 41.3 Å². The fourth-order valence-corrected chi connectivity index (χ4v) is 4.41. The predicted molar refractivity (Wildman–Crippen MR) is 103 cm³/mol. The Hall–Kier alpha value is -2.11. The molecular weight excluding hydrogens is 340 g/mol. The number of rotatable bonds is 3. The van der Waals surface area contributed by atoms with Crippen molar-refractivity contribution in [2.24, 2.45) is 0 Å². The summed E-state index contributed by atoms with van der Waals surface area (Å²) in [5, 5.41) is 0. The highest BCUT2D eigenvalue weighted by atomic mass is 16.7. The molecule has 0 atom stereocenters. The number of likely N-dealkylation sites (tertiary alicyclic amines) is 1. The molecule has 1 aromatic heterocycles. The molecule has 0 unspecified atom stereocenters. The lowest BCUT2D eigenvalue weighted by molar-refractivity contribution is -0.231. The lowest BCUT2D eigenvalue weighted by Gasteiger charge is -2.47. The van der Waals surface area contributed by atoms with Crippen LogP contribution in [0.1, 0.15) is 48.8 Å². The van der Waals surface area contributed by atoms with Crippen molar-refractivity contribution in [3.05, 3.63) is 63.6 Å². The molecule has 142 valence electrons. The molecule has 0 amide bonds. The minimum atomic E-state index is -0.437. The van der Waals surface area contributed by atoms with Crippen LogP contribution in [0.25, 0.3) is 0 Å². The summed E-state index contributed by atoms with van der Waals surface area (Å²) in [5.74, 6) is 0.525. The molecule has 1 N–H and O–H groups in total. The Bertz CT molecular complexity index is 859. The minimum absolute atomic E-state index is 0.0698. The van der Waals surface area contributed by atoms with Crippen LogP contribution in [-0.2, 0) is 17.8 Å². The lowest BCUT2D eigenvalue weighted by atomic mass is 9.89. The monoisotopic (exact) mass is 366 g/mol. The van der Waals surface area contributed by atoms with Crippen LogP contribution in [0.2, 0.25) is 0 Å². The van der Waals surface area contributed by atoms with Crippen molar-refractivity contribution in [3.8, 4) is 5.75 Å². The molecule has 1 aromatic carbocycles. The molecule has 1 aliphatic carbocycles. The second-order valence-corrected chi connectivity index (χ2v) is 8.10. The van der Waals surface area contributed by atoms with E-state index in [1.165, 1.54) is 24.8 Å². The number of H-pyrrole nitrogens is 1. The number of piperidine rings is 1. The van der Waals surface area contributed by atoms with E-state index in [0.29, 0.717) is 6.61 Å². The molecule has 5 heteroatoms. The SMILES string of the molecule is O=c1ccc(Cc2ccc3c(c2)COC2(CCN(C4CCC4)CC2)O3)c[nH]1. The molecule has 2 fully saturated rings. The zero-order valence-corrected chi connectivity index (χ0v) is 15.6. The van der Waals surface area contributed by atoms with Gasteiger partial charge < -0.3 is 14.5 Å². The van der Waals surface area contributed by atoms with Crippen molar-refractivity contribution in [2.45, 2.75) is 57.0 Å². The third-order valence-electron chi connectivity index (χ3n) is 6.32. The van der Waals surface area contributed by atoms with Gasteiger partial charge in [0.1, 0.15) is 5.75 Å². The predicted octanol–water partition coefficient (Wildman–Crippen LogP) is 3.22. The van der Waals surface area contributed by atoms with Gasteiger partial charge in [-0.2, -0.15) is 0 Å². The molecule has 1 saturated heterocycles. The summed E-state index contributed by atoms with van der Waals surface area (Å²) in [4.78, 5) is 16.5. The van der Waals surface area contributed by atoms with Crippen LogP contribution >= 0.6 is 0 Å².